The molecule has 0 aliphatic carbocycles. The van der Waals surface area contributed by atoms with Crippen LogP contribution < -0.4 is 5.73 Å². The summed E-state index contributed by atoms with van der Waals surface area (Å²) in [6, 6.07) is 2.38. The maximum Gasteiger partial charge on any atom is 0.255 e. The molecule has 6 heteroatoms. The second kappa shape index (κ2) is 5.55. The van der Waals surface area contributed by atoms with E-state index < -0.39 is 5.82 Å². The predicted molar refractivity (Wildman–Crippen MR) is 72.2 cm³/mol. The highest BCUT2D eigenvalue weighted by Crippen LogP contribution is 2.29. The van der Waals surface area contributed by atoms with Crippen LogP contribution in [0.15, 0.2) is 16.6 Å². The number of likely N-dealkylation sites (tertiary alicyclic amines) is 1. The molecule has 1 amide bonds. The van der Waals surface area contributed by atoms with E-state index in [0.717, 1.165) is 18.9 Å². The highest BCUT2D eigenvalue weighted by molar-refractivity contribution is 9.10. The van der Waals surface area contributed by atoms with Gasteiger partial charge in [0.25, 0.3) is 5.91 Å². The zero-order valence-electron chi connectivity index (χ0n) is 9.63. The summed E-state index contributed by atoms with van der Waals surface area (Å²) in [7, 11) is 0. The van der Waals surface area contributed by atoms with E-state index in [0.29, 0.717) is 17.6 Å². The van der Waals surface area contributed by atoms with Crippen molar-refractivity contribution in [2.75, 3.05) is 13.1 Å². The van der Waals surface area contributed by atoms with Gasteiger partial charge in [0.2, 0.25) is 0 Å². The number of nitrogens with two attached hydrogens (primary N) is 1. The molecule has 0 bridgehead atoms. The van der Waals surface area contributed by atoms with Gasteiger partial charge in [-0.3, -0.25) is 4.79 Å². The first kappa shape index (κ1) is 13.8. The Morgan fingerprint density at radius 1 is 1.56 bits per heavy atom. The molecule has 1 aromatic carbocycles. The third-order valence-corrected chi connectivity index (χ3v) is 4.23. The molecule has 1 heterocycles. The minimum absolute atomic E-state index is 0.0153. The van der Waals surface area contributed by atoms with Gasteiger partial charge in [-0.25, -0.2) is 4.39 Å². The summed E-state index contributed by atoms with van der Waals surface area (Å²) < 4.78 is 13.7. The van der Waals surface area contributed by atoms with Gasteiger partial charge >= 0.3 is 0 Å². The number of benzene rings is 1. The van der Waals surface area contributed by atoms with E-state index in [1.54, 1.807) is 4.90 Å². The first-order chi connectivity index (χ1) is 8.49. The molecule has 1 unspecified atom stereocenters. The molecular weight excluding hydrogens is 323 g/mol. The Morgan fingerprint density at radius 2 is 2.28 bits per heavy atom. The third-order valence-electron chi connectivity index (χ3n) is 2.97. The molecule has 3 nitrogen and oxygen atoms in total. The topological polar surface area (TPSA) is 46.3 Å². The van der Waals surface area contributed by atoms with Gasteiger partial charge in [0.05, 0.1) is 10.6 Å². The van der Waals surface area contributed by atoms with Gasteiger partial charge in [0.1, 0.15) is 5.82 Å². The standard InChI is InChI=1S/C12H13BrClFN2O/c13-10-5-7(15)4-9(11(10)14)12(18)17-3-1-2-8(16)6-17/h4-5,8H,1-3,6,16H2. The molecule has 0 spiro atoms. The number of carbonyl (C=O) groups excluding carboxylic acids is 1. The number of carbonyl (C=O) groups is 1. The van der Waals surface area contributed by atoms with Crippen molar-refractivity contribution >= 4 is 33.4 Å². The van der Waals surface area contributed by atoms with E-state index >= 15 is 0 Å². The van der Waals surface area contributed by atoms with Gasteiger partial charge in [-0.15, -0.1) is 0 Å². The summed E-state index contributed by atoms with van der Waals surface area (Å²) in [5.41, 5.74) is 6.01. The van der Waals surface area contributed by atoms with Crippen LogP contribution in [-0.4, -0.2) is 29.9 Å². The smallest absolute Gasteiger partial charge is 0.255 e. The summed E-state index contributed by atoms with van der Waals surface area (Å²) in [6.45, 7) is 1.13. The van der Waals surface area contributed by atoms with Crippen LogP contribution in [0.4, 0.5) is 4.39 Å². The fourth-order valence-corrected chi connectivity index (χ4v) is 2.70. The van der Waals surface area contributed by atoms with E-state index in [9.17, 15) is 9.18 Å². The van der Waals surface area contributed by atoms with Gasteiger partial charge in [-0.2, -0.15) is 0 Å². The molecule has 98 valence electrons. The average Bonchev–Trinajstić information content (AvgIpc) is 2.33. The molecule has 0 aromatic heterocycles. The van der Waals surface area contributed by atoms with Crippen LogP contribution >= 0.6 is 27.5 Å². The van der Waals surface area contributed by atoms with E-state index in [-0.39, 0.29) is 22.5 Å². The Labute approximate surface area is 118 Å². The molecule has 1 fully saturated rings. The van der Waals surface area contributed by atoms with Gasteiger partial charge in [0, 0.05) is 23.6 Å². The quantitative estimate of drug-likeness (QED) is 0.802. The Kier molecular flexibility index (Phi) is 4.25. The number of hydrogen-bond donors (Lipinski definition) is 1. The summed E-state index contributed by atoms with van der Waals surface area (Å²) >= 11 is 9.16. The van der Waals surface area contributed by atoms with Crippen molar-refractivity contribution in [3.8, 4) is 0 Å². The maximum absolute atomic E-state index is 13.3. The van der Waals surface area contributed by atoms with Crippen molar-refractivity contribution in [2.45, 2.75) is 18.9 Å². The predicted octanol–water partition coefficient (Wildman–Crippen LogP) is 2.80. The summed E-state index contributed by atoms with van der Waals surface area (Å²) in [5, 5.41) is 0.237. The van der Waals surface area contributed by atoms with Crippen LogP contribution in [0, 0.1) is 5.82 Å². The zero-order valence-corrected chi connectivity index (χ0v) is 12.0. The average molecular weight is 336 g/mol. The highest BCUT2D eigenvalue weighted by atomic mass is 79.9. The maximum atomic E-state index is 13.3. The van der Waals surface area contributed by atoms with Crippen molar-refractivity contribution in [1.29, 1.82) is 0 Å². The summed E-state index contributed by atoms with van der Waals surface area (Å²) in [6.07, 6.45) is 1.77. The van der Waals surface area contributed by atoms with E-state index in [1.165, 1.54) is 6.07 Å². The second-order valence-electron chi connectivity index (χ2n) is 4.40. The fourth-order valence-electron chi connectivity index (χ4n) is 2.08. The molecule has 18 heavy (non-hydrogen) atoms. The molecule has 1 aromatic rings. The van der Waals surface area contributed by atoms with Crippen LogP contribution in [0.5, 0.6) is 0 Å². The van der Waals surface area contributed by atoms with E-state index in [1.807, 2.05) is 0 Å². The first-order valence-electron chi connectivity index (χ1n) is 5.68. The summed E-state index contributed by atoms with van der Waals surface area (Å²) in [4.78, 5) is 13.9. The van der Waals surface area contributed by atoms with Crippen molar-refractivity contribution in [2.24, 2.45) is 5.73 Å². The number of amides is 1. The molecule has 1 aliphatic rings. The fraction of sp³-hybridized carbons (Fsp3) is 0.417. The van der Waals surface area contributed by atoms with Crippen LogP contribution in [0.2, 0.25) is 5.02 Å². The molecule has 0 radical (unpaired) electrons. The monoisotopic (exact) mass is 334 g/mol. The van der Waals surface area contributed by atoms with Crippen molar-refractivity contribution in [1.82, 2.24) is 4.90 Å². The van der Waals surface area contributed by atoms with Crippen molar-refractivity contribution < 1.29 is 9.18 Å². The van der Waals surface area contributed by atoms with Gasteiger partial charge in [-0.1, -0.05) is 11.6 Å². The van der Waals surface area contributed by atoms with E-state index in [4.69, 9.17) is 17.3 Å². The van der Waals surface area contributed by atoms with Crippen LogP contribution in [0.25, 0.3) is 0 Å². The Balaban J connectivity index is 2.28. The molecule has 1 aliphatic heterocycles. The number of rotatable bonds is 1. The van der Waals surface area contributed by atoms with E-state index in [2.05, 4.69) is 15.9 Å². The number of nitrogens with zero attached hydrogens (tertiary/aromatic N) is 1. The number of halogens is 3. The molecule has 1 atom stereocenters. The zero-order chi connectivity index (χ0) is 13.3. The number of hydrogen-bond acceptors (Lipinski definition) is 2. The van der Waals surface area contributed by atoms with Crippen LogP contribution in [0.3, 0.4) is 0 Å². The Hall–Kier alpha value is -0.650. The van der Waals surface area contributed by atoms with Crippen LogP contribution in [-0.2, 0) is 0 Å². The van der Waals surface area contributed by atoms with Crippen molar-refractivity contribution in [3.63, 3.8) is 0 Å². The Morgan fingerprint density at radius 3 is 2.94 bits per heavy atom. The minimum Gasteiger partial charge on any atom is -0.337 e. The minimum atomic E-state index is -0.490. The molecular formula is C12H13BrClFN2O. The lowest BCUT2D eigenvalue weighted by Gasteiger charge is -2.31. The lowest BCUT2D eigenvalue weighted by atomic mass is 10.1. The molecule has 1 saturated heterocycles. The lowest BCUT2D eigenvalue weighted by Crippen LogP contribution is -2.45. The molecule has 2 N–H and O–H groups in total. The first-order valence-corrected chi connectivity index (χ1v) is 6.85. The van der Waals surface area contributed by atoms with Gasteiger partial charge in [-0.05, 0) is 40.9 Å². The second-order valence-corrected chi connectivity index (χ2v) is 5.63. The summed E-state index contributed by atoms with van der Waals surface area (Å²) in [5.74, 6) is -0.758. The molecule has 2 rings (SSSR count). The van der Waals surface area contributed by atoms with Gasteiger partial charge in [0.15, 0.2) is 0 Å². The Bertz CT molecular complexity index is 483. The lowest BCUT2D eigenvalue weighted by molar-refractivity contribution is 0.0708. The normalized spacial score (nSPS) is 20.0. The van der Waals surface area contributed by atoms with Gasteiger partial charge < -0.3 is 10.6 Å². The third kappa shape index (κ3) is 2.84. The SMILES string of the molecule is NC1CCCN(C(=O)c2cc(F)cc(Br)c2Cl)C1. The number of piperidine rings is 1. The van der Waals surface area contributed by atoms with Crippen molar-refractivity contribution in [3.05, 3.63) is 33.0 Å². The van der Waals surface area contributed by atoms with Crippen LogP contribution in [0.1, 0.15) is 23.2 Å². The molecule has 0 saturated carbocycles. The highest BCUT2D eigenvalue weighted by Gasteiger charge is 2.25. The largest absolute Gasteiger partial charge is 0.337 e.